The van der Waals surface area contributed by atoms with E-state index in [0.717, 1.165) is 5.56 Å². The second kappa shape index (κ2) is 11.1. The molecular formula is C26H29N3O4. The van der Waals surface area contributed by atoms with Crippen LogP contribution in [0.4, 0.5) is 5.69 Å². The number of nitrogens with one attached hydrogen (secondary N) is 2. The average Bonchev–Trinajstić information content (AvgIpc) is 2.80. The summed E-state index contributed by atoms with van der Waals surface area (Å²) in [6.07, 6.45) is 1.85. The molecule has 0 bridgehead atoms. The van der Waals surface area contributed by atoms with Crippen LogP contribution in [-0.4, -0.2) is 23.9 Å². The van der Waals surface area contributed by atoms with Crippen LogP contribution in [0.3, 0.4) is 0 Å². The molecule has 33 heavy (non-hydrogen) atoms. The number of anilines is 1. The quantitative estimate of drug-likeness (QED) is 0.480. The van der Waals surface area contributed by atoms with Gasteiger partial charge in [-0.15, -0.1) is 0 Å². The molecule has 1 heterocycles. The molecule has 1 aromatic heterocycles. The molecule has 0 saturated carbocycles. The van der Waals surface area contributed by atoms with Gasteiger partial charge in [0.2, 0.25) is 11.8 Å². The number of methoxy groups -OCH3 is 1. The lowest BCUT2D eigenvalue weighted by molar-refractivity contribution is -0.127. The lowest BCUT2D eigenvalue weighted by Gasteiger charge is -2.19. The molecule has 0 aliphatic heterocycles. The van der Waals surface area contributed by atoms with Crippen LogP contribution in [0, 0.1) is 12.8 Å². The normalized spacial score (nSPS) is 11.5. The van der Waals surface area contributed by atoms with Crippen molar-refractivity contribution in [3.63, 3.8) is 0 Å². The van der Waals surface area contributed by atoms with E-state index in [-0.39, 0.29) is 17.7 Å². The van der Waals surface area contributed by atoms with Crippen molar-refractivity contribution < 1.29 is 19.1 Å². The predicted octanol–water partition coefficient (Wildman–Crippen LogP) is 5.03. The summed E-state index contributed by atoms with van der Waals surface area (Å²) in [7, 11) is 1.58. The molecule has 2 amide bonds. The minimum absolute atomic E-state index is 0.178. The summed E-state index contributed by atoms with van der Waals surface area (Å²) in [6, 6.07) is 17.3. The Hall–Kier alpha value is -3.87. The van der Waals surface area contributed by atoms with Crippen molar-refractivity contribution in [2.24, 2.45) is 5.92 Å². The first kappa shape index (κ1) is 23.8. The third kappa shape index (κ3) is 6.80. The van der Waals surface area contributed by atoms with Gasteiger partial charge < -0.3 is 20.1 Å². The van der Waals surface area contributed by atoms with Gasteiger partial charge in [-0.05, 0) is 42.2 Å². The first-order valence-corrected chi connectivity index (χ1v) is 10.8. The topological polar surface area (TPSA) is 89.5 Å². The monoisotopic (exact) mass is 447 g/mol. The summed E-state index contributed by atoms with van der Waals surface area (Å²) in [5.41, 5.74) is 2.24. The molecule has 0 fully saturated rings. The largest absolute Gasteiger partial charge is 0.493 e. The van der Waals surface area contributed by atoms with Crippen LogP contribution < -0.4 is 20.1 Å². The number of ether oxygens (including phenoxy) is 2. The molecule has 1 atom stereocenters. The number of carbonyl (C=O) groups excluding carboxylic acids is 2. The van der Waals surface area contributed by atoms with Crippen molar-refractivity contribution in [1.29, 1.82) is 0 Å². The summed E-state index contributed by atoms with van der Waals surface area (Å²) in [5.74, 6) is 1.17. The minimum atomic E-state index is -0.815. The van der Waals surface area contributed by atoms with Gasteiger partial charge in [-0.25, -0.2) is 4.98 Å². The standard InChI is InChI=1S/C26H29N3O4/c1-17(2)14-23(30)29-25(19-8-6-5-7-9-19)26(31)28-20-11-13-24(27-16-20)33-21-12-10-18(3)15-22(21)32-4/h5-13,15-17,25H,14H2,1-4H3,(H,28,31)(H,29,30). The van der Waals surface area contributed by atoms with E-state index in [4.69, 9.17) is 9.47 Å². The van der Waals surface area contributed by atoms with E-state index in [1.807, 2.05) is 69.3 Å². The summed E-state index contributed by atoms with van der Waals surface area (Å²) in [5, 5.41) is 5.66. The molecule has 1 unspecified atom stereocenters. The Labute approximate surface area is 194 Å². The predicted molar refractivity (Wildman–Crippen MR) is 127 cm³/mol. The second-order valence-corrected chi connectivity index (χ2v) is 8.14. The maximum absolute atomic E-state index is 13.0. The van der Waals surface area contributed by atoms with Gasteiger partial charge in [0.05, 0.1) is 19.0 Å². The van der Waals surface area contributed by atoms with Crippen molar-refractivity contribution >= 4 is 17.5 Å². The highest BCUT2D eigenvalue weighted by Crippen LogP contribution is 2.31. The van der Waals surface area contributed by atoms with Crippen LogP contribution in [0.25, 0.3) is 0 Å². The summed E-state index contributed by atoms with van der Waals surface area (Å²) in [4.78, 5) is 29.7. The van der Waals surface area contributed by atoms with E-state index in [1.54, 1.807) is 19.2 Å². The van der Waals surface area contributed by atoms with Gasteiger partial charge in [-0.2, -0.15) is 0 Å². The van der Waals surface area contributed by atoms with E-state index in [2.05, 4.69) is 15.6 Å². The number of aromatic nitrogens is 1. The van der Waals surface area contributed by atoms with Gasteiger partial charge in [-0.1, -0.05) is 50.2 Å². The van der Waals surface area contributed by atoms with Gasteiger partial charge in [0.15, 0.2) is 11.5 Å². The highest BCUT2D eigenvalue weighted by atomic mass is 16.5. The van der Waals surface area contributed by atoms with Crippen LogP contribution in [0.15, 0.2) is 66.9 Å². The molecular weight excluding hydrogens is 418 g/mol. The van der Waals surface area contributed by atoms with Crippen molar-refractivity contribution in [2.45, 2.75) is 33.2 Å². The molecule has 172 valence electrons. The van der Waals surface area contributed by atoms with E-state index < -0.39 is 6.04 Å². The Balaban J connectivity index is 1.71. The number of hydrogen-bond acceptors (Lipinski definition) is 5. The number of aryl methyl sites for hydroxylation is 1. The van der Waals surface area contributed by atoms with Crippen LogP contribution in [0.1, 0.15) is 37.4 Å². The maximum atomic E-state index is 13.0. The third-order valence-corrected chi connectivity index (χ3v) is 4.83. The Morgan fingerprint density at radius 2 is 1.76 bits per heavy atom. The van der Waals surface area contributed by atoms with Crippen molar-refractivity contribution in [3.05, 3.63) is 78.0 Å². The Morgan fingerprint density at radius 3 is 2.39 bits per heavy atom. The number of carbonyl (C=O) groups is 2. The van der Waals surface area contributed by atoms with Crippen LogP contribution in [0.2, 0.25) is 0 Å². The fraction of sp³-hybridized carbons (Fsp3) is 0.269. The van der Waals surface area contributed by atoms with Gasteiger partial charge in [0.1, 0.15) is 6.04 Å². The summed E-state index contributed by atoms with van der Waals surface area (Å²) >= 11 is 0. The number of benzene rings is 2. The Kier molecular flexibility index (Phi) is 8.02. The lowest BCUT2D eigenvalue weighted by Crippen LogP contribution is -2.37. The van der Waals surface area contributed by atoms with E-state index in [9.17, 15) is 9.59 Å². The Morgan fingerprint density at radius 1 is 1.00 bits per heavy atom. The van der Waals surface area contributed by atoms with E-state index in [1.165, 1.54) is 6.20 Å². The van der Waals surface area contributed by atoms with E-state index >= 15 is 0 Å². The molecule has 2 N–H and O–H groups in total. The summed E-state index contributed by atoms with van der Waals surface area (Å²) < 4.78 is 11.2. The van der Waals surface area contributed by atoms with Crippen LogP contribution >= 0.6 is 0 Å². The third-order valence-electron chi connectivity index (χ3n) is 4.83. The van der Waals surface area contributed by atoms with Crippen molar-refractivity contribution in [3.8, 4) is 17.4 Å². The fourth-order valence-corrected chi connectivity index (χ4v) is 3.24. The molecule has 3 aromatic rings. The number of pyridine rings is 1. The molecule has 2 aromatic carbocycles. The second-order valence-electron chi connectivity index (χ2n) is 8.14. The minimum Gasteiger partial charge on any atom is -0.493 e. The SMILES string of the molecule is COc1cc(C)ccc1Oc1ccc(NC(=O)C(NC(=O)CC(C)C)c2ccccc2)cn1. The van der Waals surface area contributed by atoms with Crippen molar-refractivity contribution in [1.82, 2.24) is 10.3 Å². The molecule has 7 nitrogen and oxygen atoms in total. The van der Waals surface area contributed by atoms with Gasteiger partial charge in [0, 0.05) is 12.5 Å². The zero-order valence-corrected chi connectivity index (χ0v) is 19.3. The average molecular weight is 448 g/mol. The van der Waals surface area contributed by atoms with Crippen molar-refractivity contribution in [2.75, 3.05) is 12.4 Å². The first-order valence-electron chi connectivity index (χ1n) is 10.8. The van der Waals surface area contributed by atoms with Crippen LogP contribution in [0.5, 0.6) is 17.4 Å². The maximum Gasteiger partial charge on any atom is 0.251 e. The Bertz CT molecular complexity index is 1080. The number of amides is 2. The molecule has 7 heteroatoms. The molecule has 0 saturated heterocycles. The van der Waals surface area contributed by atoms with E-state index in [0.29, 0.717) is 35.1 Å². The fourth-order valence-electron chi connectivity index (χ4n) is 3.24. The van der Waals surface area contributed by atoms with Gasteiger partial charge >= 0.3 is 0 Å². The molecule has 0 radical (unpaired) electrons. The first-order chi connectivity index (χ1) is 15.9. The molecule has 0 aliphatic rings. The molecule has 0 spiro atoms. The zero-order valence-electron chi connectivity index (χ0n) is 19.3. The van der Waals surface area contributed by atoms with Crippen LogP contribution in [-0.2, 0) is 9.59 Å². The van der Waals surface area contributed by atoms with Gasteiger partial charge in [-0.3, -0.25) is 9.59 Å². The highest BCUT2D eigenvalue weighted by molar-refractivity contribution is 5.97. The lowest BCUT2D eigenvalue weighted by atomic mass is 10.0. The molecule has 3 rings (SSSR count). The summed E-state index contributed by atoms with van der Waals surface area (Å²) in [6.45, 7) is 5.88. The zero-order chi connectivity index (χ0) is 23.8. The smallest absolute Gasteiger partial charge is 0.251 e. The molecule has 0 aliphatic carbocycles. The van der Waals surface area contributed by atoms with Gasteiger partial charge in [0.25, 0.3) is 5.91 Å². The number of hydrogen-bond donors (Lipinski definition) is 2. The number of rotatable bonds is 9. The highest BCUT2D eigenvalue weighted by Gasteiger charge is 2.23. The number of nitrogens with zero attached hydrogens (tertiary/aromatic N) is 1.